The maximum absolute atomic E-state index is 13.1. The van der Waals surface area contributed by atoms with Crippen molar-refractivity contribution in [1.29, 1.82) is 0 Å². The molecular formula is C12H16BrFN2. The van der Waals surface area contributed by atoms with Crippen LogP contribution in [0.2, 0.25) is 0 Å². The van der Waals surface area contributed by atoms with Crippen LogP contribution in [-0.4, -0.2) is 6.04 Å². The SMILES string of the molecule is CC1CC1C(Cc1cc(F)ccc1Br)NN. The van der Waals surface area contributed by atoms with E-state index < -0.39 is 0 Å². The molecule has 3 N–H and O–H groups in total. The fourth-order valence-corrected chi connectivity index (χ4v) is 2.59. The lowest BCUT2D eigenvalue weighted by Crippen LogP contribution is -2.39. The monoisotopic (exact) mass is 286 g/mol. The topological polar surface area (TPSA) is 38.0 Å². The van der Waals surface area contributed by atoms with Gasteiger partial charge in [0.25, 0.3) is 0 Å². The molecule has 0 saturated heterocycles. The van der Waals surface area contributed by atoms with Gasteiger partial charge in [-0.3, -0.25) is 11.3 Å². The van der Waals surface area contributed by atoms with E-state index in [0.717, 1.165) is 22.4 Å². The van der Waals surface area contributed by atoms with Crippen LogP contribution in [0.3, 0.4) is 0 Å². The van der Waals surface area contributed by atoms with Crippen molar-refractivity contribution in [2.75, 3.05) is 0 Å². The fraction of sp³-hybridized carbons (Fsp3) is 0.500. The minimum atomic E-state index is -0.196. The molecule has 3 atom stereocenters. The maximum atomic E-state index is 13.1. The summed E-state index contributed by atoms with van der Waals surface area (Å²) in [5.41, 5.74) is 3.82. The average Bonchev–Trinajstić information content (AvgIpc) is 2.97. The zero-order valence-corrected chi connectivity index (χ0v) is 10.8. The molecule has 0 spiro atoms. The summed E-state index contributed by atoms with van der Waals surface area (Å²) < 4.78 is 14.1. The van der Waals surface area contributed by atoms with Gasteiger partial charge >= 0.3 is 0 Å². The van der Waals surface area contributed by atoms with Crippen LogP contribution in [0.4, 0.5) is 4.39 Å². The Balaban J connectivity index is 2.09. The second-order valence-electron chi connectivity index (χ2n) is 4.59. The standard InChI is InChI=1S/C12H16BrFN2/c1-7-4-10(7)12(16-15)6-8-5-9(14)2-3-11(8)13/h2-3,5,7,10,12,16H,4,6,15H2,1H3. The molecule has 4 heteroatoms. The normalized spacial score (nSPS) is 25.5. The van der Waals surface area contributed by atoms with Crippen LogP contribution in [0.5, 0.6) is 0 Å². The van der Waals surface area contributed by atoms with Gasteiger partial charge in [0.2, 0.25) is 0 Å². The molecular weight excluding hydrogens is 271 g/mol. The molecule has 1 aromatic carbocycles. The van der Waals surface area contributed by atoms with Crippen LogP contribution in [0.25, 0.3) is 0 Å². The van der Waals surface area contributed by atoms with Crippen LogP contribution < -0.4 is 11.3 Å². The van der Waals surface area contributed by atoms with Crippen LogP contribution in [0.1, 0.15) is 18.9 Å². The zero-order chi connectivity index (χ0) is 11.7. The van der Waals surface area contributed by atoms with Gasteiger partial charge in [-0.05, 0) is 48.4 Å². The summed E-state index contributed by atoms with van der Waals surface area (Å²) >= 11 is 3.44. The lowest BCUT2D eigenvalue weighted by molar-refractivity contribution is 0.453. The van der Waals surface area contributed by atoms with Crippen molar-refractivity contribution >= 4 is 15.9 Å². The fourth-order valence-electron chi connectivity index (χ4n) is 2.18. The Morgan fingerprint density at radius 3 is 2.88 bits per heavy atom. The predicted molar refractivity (Wildman–Crippen MR) is 66.2 cm³/mol. The number of nitrogens with one attached hydrogen (secondary N) is 1. The first-order valence-electron chi connectivity index (χ1n) is 5.52. The highest BCUT2D eigenvalue weighted by molar-refractivity contribution is 9.10. The molecule has 0 aromatic heterocycles. The van der Waals surface area contributed by atoms with Gasteiger partial charge in [0, 0.05) is 10.5 Å². The first-order chi connectivity index (χ1) is 7.61. The molecule has 16 heavy (non-hydrogen) atoms. The number of hydrogen-bond donors (Lipinski definition) is 2. The Kier molecular flexibility index (Phi) is 3.62. The summed E-state index contributed by atoms with van der Waals surface area (Å²) in [5.74, 6) is 6.71. The summed E-state index contributed by atoms with van der Waals surface area (Å²) in [7, 11) is 0. The summed E-state index contributed by atoms with van der Waals surface area (Å²) in [6.45, 7) is 2.22. The van der Waals surface area contributed by atoms with Crippen molar-refractivity contribution in [2.24, 2.45) is 17.7 Å². The van der Waals surface area contributed by atoms with Crippen molar-refractivity contribution in [3.05, 3.63) is 34.1 Å². The molecule has 0 amide bonds. The summed E-state index contributed by atoms with van der Waals surface area (Å²) in [5, 5.41) is 0. The molecule has 1 aliphatic rings. The molecule has 88 valence electrons. The number of hydrogen-bond acceptors (Lipinski definition) is 2. The van der Waals surface area contributed by atoms with Gasteiger partial charge in [-0.25, -0.2) is 4.39 Å². The third-order valence-electron chi connectivity index (χ3n) is 3.35. The zero-order valence-electron chi connectivity index (χ0n) is 9.21. The number of nitrogens with two attached hydrogens (primary N) is 1. The third kappa shape index (κ3) is 2.62. The van der Waals surface area contributed by atoms with Crippen molar-refractivity contribution < 1.29 is 4.39 Å². The number of benzene rings is 1. The van der Waals surface area contributed by atoms with E-state index >= 15 is 0 Å². The highest BCUT2D eigenvalue weighted by Crippen LogP contribution is 2.41. The van der Waals surface area contributed by atoms with Crippen LogP contribution in [-0.2, 0) is 6.42 Å². The van der Waals surface area contributed by atoms with E-state index in [9.17, 15) is 4.39 Å². The minimum absolute atomic E-state index is 0.196. The molecule has 1 aliphatic carbocycles. The van der Waals surface area contributed by atoms with Crippen LogP contribution in [0, 0.1) is 17.7 Å². The van der Waals surface area contributed by atoms with E-state index in [1.165, 1.54) is 12.5 Å². The largest absolute Gasteiger partial charge is 0.271 e. The second-order valence-corrected chi connectivity index (χ2v) is 5.44. The van der Waals surface area contributed by atoms with Gasteiger partial charge in [0.1, 0.15) is 5.82 Å². The Bertz CT molecular complexity index is 383. The molecule has 0 bridgehead atoms. The molecule has 3 unspecified atom stereocenters. The van der Waals surface area contributed by atoms with Crippen molar-refractivity contribution in [2.45, 2.75) is 25.8 Å². The van der Waals surface area contributed by atoms with E-state index in [0.29, 0.717) is 5.92 Å². The Morgan fingerprint density at radius 1 is 1.62 bits per heavy atom. The lowest BCUT2D eigenvalue weighted by Gasteiger charge is -2.16. The summed E-state index contributed by atoms with van der Waals surface area (Å²) in [6.07, 6.45) is 1.98. The molecule has 0 aliphatic heterocycles. The smallest absolute Gasteiger partial charge is 0.123 e. The predicted octanol–water partition coefficient (Wildman–Crippen LogP) is 2.62. The molecule has 0 radical (unpaired) electrons. The van der Waals surface area contributed by atoms with Crippen LogP contribution in [0.15, 0.2) is 22.7 Å². The molecule has 1 saturated carbocycles. The van der Waals surface area contributed by atoms with E-state index in [1.807, 2.05) is 0 Å². The van der Waals surface area contributed by atoms with Gasteiger partial charge in [-0.15, -0.1) is 0 Å². The molecule has 2 rings (SSSR count). The average molecular weight is 287 g/mol. The van der Waals surface area contributed by atoms with Crippen molar-refractivity contribution in [1.82, 2.24) is 5.43 Å². The Morgan fingerprint density at radius 2 is 2.31 bits per heavy atom. The van der Waals surface area contributed by atoms with Gasteiger partial charge in [0.15, 0.2) is 0 Å². The summed E-state index contributed by atoms with van der Waals surface area (Å²) in [4.78, 5) is 0. The van der Waals surface area contributed by atoms with Gasteiger partial charge in [0.05, 0.1) is 0 Å². The number of rotatable bonds is 4. The molecule has 0 heterocycles. The van der Waals surface area contributed by atoms with E-state index in [2.05, 4.69) is 28.3 Å². The lowest BCUT2D eigenvalue weighted by atomic mass is 10.0. The van der Waals surface area contributed by atoms with E-state index in [-0.39, 0.29) is 11.9 Å². The van der Waals surface area contributed by atoms with Gasteiger partial charge in [-0.1, -0.05) is 22.9 Å². The van der Waals surface area contributed by atoms with Crippen LogP contribution >= 0.6 is 15.9 Å². The van der Waals surface area contributed by atoms with Crippen molar-refractivity contribution in [3.63, 3.8) is 0 Å². The Hall–Kier alpha value is -0.450. The maximum Gasteiger partial charge on any atom is 0.123 e. The first kappa shape index (κ1) is 12.0. The minimum Gasteiger partial charge on any atom is -0.271 e. The Labute approximate surface area is 104 Å². The van der Waals surface area contributed by atoms with Gasteiger partial charge < -0.3 is 0 Å². The second kappa shape index (κ2) is 4.82. The molecule has 1 fully saturated rings. The number of hydrazine groups is 1. The van der Waals surface area contributed by atoms with Crippen molar-refractivity contribution in [3.8, 4) is 0 Å². The third-order valence-corrected chi connectivity index (χ3v) is 4.12. The summed E-state index contributed by atoms with van der Waals surface area (Å²) in [6, 6.07) is 5.02. The van der Waals surface area contributed by atoms with Gasteiger partial charge in [-0.2, -0.15) is 0 Å². The highest BCUT2D eigenvalue weighted by Gasteiger charge is 2.39. The quantitative estimate of drug-likeness (QED) is 0.660. The number of halogens is 2. The first-order valence-corrected chi connectivity index (χ1v) is 6.31. The molecule has 1 aromatic rings. The van der Waals surface area contributed by atoms with E-state index in [1.54, 1.807) is 12.1 Å². The molecule has 2 nitrogen and oxygen atoms in total. The highest BCUT2D eigenvalue weighted by atomic mass is 79.9. The van der Waals surface area contributed by atoms with E-state index in [4.69, 9.17) is 5.84 Å².